The summed E-state index contributed by atoms with van der Waals surface area (Å²) in [5.74, 6) is -0.0610. The number of carbonyl (C=O) groups is 1. The van der Waals surface area contributed by atoms with E-state index < -0.39 is 0 Å². The molecule has 2 aromatic carbocycles. The lowest BCUT2D eigenvalue weighted by atomic mass is 9.95. The van der Waals surface area contributed by atoms with Crippen LogP contribution in [0.3, 0.4) is 0 Å². The van der Waals surface area contributed by atoms with E-state index in [-0.39, 0.29) is 5.91 Å². The molecule has 1 saturated carbocycles. The van der Waals surface area contributed by atoms with Gasteiger partial charge in [0.2, 0.25) is 0 Å². The highest BCUT2D eigenvalue weighted by Crippen LogP contribution is 2.28. The van der Waals surface area contributed by atoms with Gasteiger partial charge >= 0.3 is 0 Å². The summed E-state index contributed by atoms with van der Waals surface area (Å²) in [6.45, 7) is 0. The fraction of sp³-hybridized carbons (Fsp3) is 0.300. The van der Waals surface area contributed by atoms with Crippen LogP contribution in [0.1, 0.15) is 42.6 Å². The molecule has 4 rings (SSSR count). The van der Waals surface area contributed by atoms with E-state index in [2.05, 4.69) is 33.8 Å². The van der Waals surface area contributed by atoms with Crippen LogP contribution in [0, 0.1) is 0 Å². The largest absolute Gasteiger partial charge is 0.348 e. The summed E-state index contributed by atoms with van der Waals surface area (Å²) < 4.78 is 0. The number of nitrogens with one attached hydrogen (secondary N) is 2. The number of hydrogen-bond donors (Lipinski definition) is 2. The van der Waals surface area contributed by atoms with Crippen molar-refractivity contribution in [3.8, 4) is 0 Å². The molecular weight excluding hydrogens is 330 g/mol. The van der Waals surface area contributed by atoms with E-state index in [0.717, 1.165) is 29.0 Å². The highest BCUT2D eigenvalue weighted by Gasteiger charge is 2.18. The van der Waals surface area contributed by atoms with Gasteiger partial charge in [-0.2, -0.15) is 0 Å². The highest BCUT2D eigenvalue weighted by atomic mass is 32.1. The number of anilines is 2. The molecule has 5 heteroatoms. The Morgan fingerprint density at radius 2 is 1.84 bits per heavy atom. The lowest BCUT2D eigenvalue weighted by molar-refractivity contribution is 0.0923. The summed E-state index contributed by atoms with van der Waals surface area (Å²) in [6, 6.07) is 14.7. The van der Waals surface area contributed by atoms with E-state index in [9.17, 15) is 4.79 Å². The number of hydrogen-bond acceptors (Lipinski definition) is 4. The molecule has 2 N–H and O–H groups in total. The van der Waals surface area contributed by atoms with E-state index in [1.165, 1.54) is 36.0 Å². The minimum absolute atomic E-state index is 0.0610. The van der Waals surface area contributed by atoms with E-state index in [1.807, 2.05) is 29.6 Å². The standard InChI is InChI=1S/C20H21N3OS/c24-19(21-15-9-2-1-3-10-15)18-13-25-20(23-18)22-17-12-6-8-14-7-4-5-11-16(14)17/h4-8,11-13,15H,1-3,9-10H2,(H,21,24)(H,22,23). The first-order valence-corrected chi connectivity index (χ1v) is 9.69. The maximum Gasteiger partial charge on any atom is 0.271 e. The van der Waals surface area contributed by atoms with Crippen LogP contribution < -0.4 is 10.6 Å². The van der Waals surface area contributed by atoms with Gasteiger partial charge in [0.05, 0.1) is 0 Å². The number of rotatable bonds is 4. The van der Waals surface area contributed by atoms with Gasteiger partial charge in [0, 0.05) is 22.5 Å². The van der Waals surface area contributed by atoms with Crippen LogP contribution in [0.2, 0.25) is 0 Å². The molecule has 0 aliphatic heterocycles. The Balaban J connectivity index is 1.48. The maximum absolute atomic E-state index is 12.4. The fourth-order valence-corrected chi connectivity index (χ4v) is 4.09. The van der Waals surface area contributed by atoms with Gasteiger partial charge in [0.25, 0.3) is 5.91 Å². The molecule has 1 aliphatic carbocycles. The zero-order valence-electron chi connectivity index (χ0n) is 14.0. The van der Waals surface area contributed by atoms with Gasteiger partial charge in [-0.05, 0) is 24.3 Å². The van der Waals surface area contributed by atoms with Crippen LogP contribution >= 0.6 is 11.3 Å². The first kappa shape index (κ1) is 16.1. The van der Waals surface area contributed by atoms with E-state index in [4.69, 9.17) is 0 Å². The lowest BCUT2D eigenvalue weighted by Crippen LogP contribution is -2.36. The maximum atomic E-state index is 12.4. The summed E-state index contributed by atoms with van der Waals surface area (Å²) in [5.41, 5.74) is 1.50. The normalized spacial score (nSPS) is 15.2. The molecular formula is C20H21N3OS. The van der Waals surface area contributed by atoms with Crippen LogP contribution in [0.5, 0.6) is 0 Å². The van der Waals surface area contributed by atoms with Crippen molar-refractivity contribution in [1.82, 2.24) is 10.3 Å². The summed E-state index contributed by atoms with van der Waals surface area (Å²) >= 11 is 1.46. The van der Waals surface area contributed by atoms with Crippen molar-refractivity contribution in [2.45, 2.75) is 38.1 Å². The molecule has 4 nitrogen and oxygen atoms in total. The second-order valence-electron chi connectivity index (χ2n) is 6.50. The minimum atomic E-state index is -0.0610. The quantitative estimate of drug-likeness (QED) is 0.687. The van der Waals surface area contributed by atoms with Crippen molar-refractivity contribution in [3.05, 3.63) is 53.5 Å². The van der Waals surface area contributed by atoms with Crippen LogP contribution in [0.25, 0.3) is 10.8 Å². The van der Waals surface area contributed by atoms with Gasteiger partial charge < -0.3 is 10.6 Å². The smallest absolute Gasteiger partial charge is 0.271 e. The second kappa shape index (κ2) is 7.23. The molecule has 3 aromatic rings. The van der Waals surface area contributed by atoms with Crippen LogP contribution in [-0.2, 0) is 0 Å². The predicted octanol–water partition coefficient (Wildman–Crippen LogP) is 5.10. The number of nitrogens with zero attached hydrogens (tertiary/aromatic N) is 1. The van der Waals surface area contributed by atoms with Crippen molar-refractivity contribution < 1.29 is 4.79 Å². The molecule has 128 valence electrons. The summed E-state index contributed by atoms with van der Waals surface area (Å²) in [6.07, 6.45) is 5.85. The van der Waals surface area contributed by atoms with Crippen molar-refractivity contribution in [1.29, 1.82) is 0 Å². The van der Waals surface area contributed by atoms with Crippen molar-refractivity contribution >= 4 is 38.8 Å². The monoisotopic (exact) mass is 351 g/mol. The Kier molecular flexibility index (Phi) is 4.65. The van der Waals surface area contributed by atoms with Crippen LogP contribution in [0.15, 0.2) is 47.8 Å². The molecule has 0 spiro atoms. The van der Waals surface area contributed by atoms with E-state index >= 15 is 0 Å². The topological polar surface area (TPSA) is 54.0 Å². The van der Waals surface area contributed by atoms with Crippen molar-refractivity contribution in [3.63, 3.8) is 0 Å². The number of fused-ring (bicyclic) bond motifs is 1. The van der Waals surface area contributed by atoms with Crippen LogP contribution in [0.4, 0.5) is 10.8 Å². The molecule has 1 heterocycles. The molecule has 25 heavy (non-hydrogen) atoms. The zero-order chi connectivity index (χ0) is 17.1. The van der Waals surface area contributed by atoms with Gasteiger partial charge in [-0.15, -0.1) is 11.3 Å². The molecule has 0 bridgehead atoms. The minimum Gasteiger partial charge on any atom is -0.348 e. The first-order valence-electron chi connectivity index (χ1n) is 8.81. The summed E-state index contributed by atoms with van der Waals surface area (Å²) in [5, 5.41) is 11.4. The average molecular weight is 351 g/mol. The number of aromatic nitrogens is 1. The third-order valence-corrected chi connectivity index (χ3v) is 5.47. The Hall–Kier alpha value is -2.40. The molecule has 1 aliphatic rings. The Bertz CT molecular complexity index is 878. The highest BCUT2D eigenvalue weighted by molar-refractivity contribution is 7.14. The second-order valence-corrected chi connectivity index (χ2v) is 7.36. The number of benzene rings is 2. The predicted molar refractivity (Wildman–Crippen MR) is 104 cm³/mol. The Morgan fingerprint density at radius 3 is 2.72 bits per heavy atom. The Labute approximate surface area is 151 Å². The zero-order valence-corrected chi connectivity index (χ0v) is 14.8. The van der Waals surface area contributed by atoms with Gasteiger partial charge in [0.1, 0.15) is 5.69 Å². The lowest BCUT2D eigenvalue weighted by Gasteiger charge is -2.22. The summed E-state index contributed by atoms with van der Waals surface area (Å²) in [4.78, 5) is 16.9. The molecule has 0 radical (unpaired) electrons. The van der Waals surface area contributed by atoms with Crippen molar-refractivity contribution in [2.75, 3.05) is 5.32 Å². The first-order chi connectivity index (χ1) is 12.3. The molecule has 1 aromatic heterocycles. The molecule has 0 unspecified atom stereocenters. The third kappa shape index (κ3) is 3.66. The Morgan fingerprint density at radius 1 is 1.04 bits per heavy atom. The van der Waals surface area contributed by atoms with Gasteiger partial charge in [-0.3, -0.25) is 4.79 Å². The molecule has 1 fully saturated rings. The fourth-order valence-electron chi connectivity index (χ4n) is 3.39. The molecule has 0 saturated heterocycles. The van der Waals surface area contributed by atoms with Crippen LogP contribution in [-0.4, -0.2) is 16.9 Å². The van der Waals surface area contributed by atoms with E-state index in [1.54, 1.807) is 0 Å². The number of carbonyl (C=O) groups excluding carboxylic acids is 1. The van der Waals surface area contributed by atoms with Gasteiger partial charge in [0.15, 0.2) is 5.13 Å². The average Bonchev–Trinajstić information content (AvgIpc) is 3.12. The third-order valence-electron chi connectivity index (χ3n) is 4.71. The van der Waals surface area contributed by atoms with Gasteiger partial charge in [-0.1, -0.05) is 55.7 Å². The molecule has 0 atom stereocenters. The SMILES string of the molecule is O=C(NC1CCCCC1)c1csc(Nc2cccc3ccccc23)n1. The number of thiazole rings is 1. The molecule has 1 amide bonds. The summed E-state index contributed by atoms with van der Waals surface area (Å²) in [7, 11) is 0. The van der Waals surface area contributed by atoms with Crippen molar-refractivity contribution in [2.24, 2.45) is 0 Å². The van der Waals surface area contributed by atoms with Gasteiger partial charge in [-0.25, -0.2) is 4.98 Å². The van der Waals surface area contributed by atoms with E-state index in [0.29, 0.717) is 11.7 Å². The number of amides is 1.